The largest absolute Gasteiger partial charge is 1.00 e. The molecule has 4 heterocycles. The zero-order valence-electron chi connectivity index (χ0n) is 24.5. The number of rotatable bonds is 4. The highest BCUT2D eigenvalue weighted by molar-refractivity contribution is 6.40. The van der Waals surface area contributed by atoms with Gasteiger partial charge >= 0.3 is 0 Å². The highest BCUT2D eigenvalue weighted by Gasteiger charge is 2.21. The maximum absolute atomic E-state index is 6.37. The second-order valence-corrected chi connectivity index (χ2v) is 12.4. The van der Waals surface area contributed by atoms with Gasteiger partial charge in [0.25, 0.3) is 11.6 Å². The van der Waals surface area contributed by atoms with E-state index in [1.807, 2.05) is 58.0 Å². The number of halogens is 8. The molecular weight excluding hydrogens is 772 g/mol. The monoisotopic (exact) mass is 797 g/mol. The van der Waals surface area contributed by atoms with Crippen molar-refractivity contribution in [3.63, 3.8) is 0 Å². The maximum Gasteiger partial charge on any atom is 0.256 e. The van der Waals surface area contributed by atoms with Gasteiger partial charge in [-0.1, -0.05) is 116 Å². The summed E-state index contributed by atoms with van der Waals surface area (Å²) in [4.78, 5) is 16.3. The van der Waals surface area contributed by atoms with Gasteiger partial charge < -0.3 is 23.5 Å². The van der Waals surface area contributed by atoms with Crippen LogP contribution in [0, 0.1) is 0 Å². The molecule has 6 rings (SSSR count). The molecule has 47 heavy (non-hydrogen) atoms. The van der Waals surface area contributed by atoms with Crippen LogP contribution >= 0.6 is 81.2 Å². The van der Waals surface area contributed by atoms with Crippen LogP contribution in [0.25, 0.3) is 33.8 Å². The van der Waals surface area contributed by atoms with E-state index < -0.39 is 0 Å². The molecule has 0 fully saturated rings. The lowest BCUT2D eigenvalue weighted by Gasteiger charge is -2.17. The fourth-order valence-corrected chi connectivity index (χ4v) is 5.51. The van der Waals surface area contributed by atoms with Crippen molar-refractivity contribution in [3.05, 3.63) is 84.6 Å². The standard InChI is InChI=1S/C14H12Cl3N5.C11H4Cl4N4.C3H9N.CH4.ClH/c1-7(2)18-12-10(8-5-3-4-6-9(8)15)11(16)19-14-20-13(17)21-22(12)14;12-6-4-2-1-3-5(6)7-8(13)16-11-17-10(15)18-19(11)9(7)14;1-3(2)4;;/h3-7,18H,1-2H3;1-4H;3H,4H2,1-2H3;1H4;1H/p-1. The minimum Gasteiger partial charge on any atom is -1.00 e. The van der Waals surface area contributed by atoms with Crippen LogP contribution in [-0.4, -0.2) is 51.2 Å². The summed E-state index contributed by atoms with van der Waals surface area (Å²) in [5, 5.41) is 13.4. The number of benzene rings is 2. The summed E-state index contributed by atoms with van der Waals surface area (Å²) in [5.41, 5.74) is 7.69. The summed E-state index contributed by atoms with van der Waals surface area (Å²) in [7, 11) is 0. The second-order valence-electron chi connectivity index (χ2n) is 9.88. The van der Waals surface area contributed by atoms with E-state index in [1.165, 1.54) is 9.03 Å². The van der Waals surface area contributed by atoms with Crippen LogP contribution in [0.3, 0.4) is 0 Å². The maximum atomic E-state index is 6.37. The highest BCUT2D eigenvalue weighted by atomic mass is 35.5. The number of nitrogens with zero attached hydrogens (tertiary/aromatic N) is 8. The Labute approximate surface area is 313 Å². The molecule has 6 aromatic rings. The minimum atomic E-state index is 0. The zero-order chi connectivity index (χ0) is 33.0. The van der Waals surface area contributed by atoms with E-state index in [0.29, 0.717) is 44.4 Å². The lowest BCUT2D eigenvalue weighted by Crippen LogP contribution is -3.00. The Hall–Kier alpha value is -2.38. The molecule has 0 saturated heterocycles. The van der Waals surface area contributed by atoms with E-state index in [9.17, 15) is 0 Å². The highest BCUT2D eigenvalue weighted by Crippen LogP contribution is 2.39. The molecule has 0 aliphatic rings. The van der Waals surface area contributed by atoms with E-state index in [1.54, 1.807) is 18.2 Å². The first-order valence-corrected chi connectivity index (χ1v) is 15.8. The lowest BCUT2D eigenvalue weighted by molar-refractivity contribution is -0.00000983. The van der Waals surface area contributed by atoms with Gasteiger partial charge in [0.2, 0.25) is 10.6 Å². The molecule has 0 atom stereocenters. The Bertz CT molecular complexity index is 1960. The first-order chi connectivity index (χ1) is 21.3. The lowest BCUT2D eigenvalue weighted by atomic mass is 10.1. The molecule has 2 aromatic carbocycles. The smallest absolute Gasteiger partial charge is 0.256 e. The third kappa shape index (κ3) is 9.84. The fraction of sp³-hybridized carbons (Fsp3) is 0.241. The molecule has 10 nitrogen and oxygen atoms in total. The van der Waals surface area contributed by atoms with Crippen molar-refractivity contribution in [2.75, 3.05) is 5.32 Å². The number of hydrogen-bond acceptors (Lipinski definition) is 8. The fourth-order valence-electron chi connectivity index (χ4n) is 3.86. The van der Waals surface area contributed by atoms with Crippen LogP contribution < -0.4 is 23.5 Å². The topological polar surface area (TPSA) is 124 Å². The van der Waals surface area contributed by atoms with Crippen LogP contribution in [-0.2, 0) is 0 Å². The molecule has 0 saturated carbocycles. The van der Waals surface area contributed by atoms with E-state index in [0.717, 1.165) is 5.56 Å². The SMILES string of the molecule is C.CC(C)N.CC(C)Nc1c(-c2ccccc2Cl)c(Cl)nc2nc(Cl)nn12.Clc1nc2nc(Cl)c(-c3ccccc3Cl)c(Cl)n2n1.[Cl-]. The average molecular weight is 801 g/mol. The van der Waals surface area contributed by atoms with Crippen LogP contribution in [0.2, 0.25) is 36.1 Å². The summed E-state index contributed by atoms with van der Waals surface area (Å²) in [6.07, 6.45) is 0. The van der Waals surface area contributed by atoms with Gasteiger partial charge in [0.05, 0.1) is 11.1 Å². The summed E-state index contributed by atoms with van der Waals surface area (Å²) in [6.45, 7) is 7.91. The van der Waals surface area contributed by atoms with Gasteiger partial charge in [-0.15, -0.1) is 10.2 Å². The van der Waals surface area contributed by atoms with Gasteiger partial charge in [-0.05, 0) is 55.2 Å². The van der Waals surface area contributed by atoms with Gasteiger partial charge in [0.1, 0.15) is 21.3 Å². The summed E-state index contributed by atoms with van der Waals surface area (Å²) in [6, 6.07) is 15.1. The number of hydrogen-bond donors (Lipinski definition) is 2. The Kier molecular flexibility index (Phi) is 15.5. The van der Waals surface area contributed by atoms with E-state index in [2.05, 4.69) is 35.5 Å². The molecule has 0 radical (unpaired) electrons. The Morgan fingerprint density at radius 2 is 1.04 bits per heavy atom. The first kappa shape index (κ1) is 40.8. The van der Waals surface area contributed by atoms with Crippen molar-refractivity contribution in [1.29, 1.82) is 0 Å². The molecule has 0 amide bonds. The summed E-state index contributed by atoms with van der Waals surface area (Å²) < 4.78 is 2.85. The number of anilines is 1. The average Bonchev–Trinajstić information content (AvgIpc) is 3.51. The third-order valence-corrected chi connectivity index (χ3v) is 7.37. The van der Waals surface area contributed by atoms with Crippen LogP contribution in [0.15, 0.2) is 48.5 Å². The Balaban J connectivity index is 0.000000285. The van der Waals surface area contributed by atoms with Crippen LogP contribution in [0.5, 0.6) is 0 Å². The molecule has 3 N–H and O–H groups in total. The van der Waals surface area contributed by atoms with Crippen molar-refractivity contribution < 1.29 is 12.4 Å². The van der Waals surface area contributed by atoms with Crippen LogP contribution in [0.1, 0.15) is 35.1 Å². The molecule has 4 aromatic heterocycles. The van der Waals surface area contributed by atoms with Crippen LogP contribution in [0.4, 0.5) is 5.82 Å². The number of aromatic nitrogens is 8. The first-order valence-electron chi connectivity index (χ1n) is 13.2. The van der Waals surface area contributed by atoms with E-state index in [-0.39, 0.29) is 57.7 Å². The molecule has 252 valence electrons. The number of nitrogens with two attached hydrogens (primary N) is 1. The molecule has 0 aliphatic heterocycles. The zero-order valence-corrected chi connectivity index (χ0v) is 30.5. The van der Waals surface area contributed by atoms with Gasteiger partial charge in [-0.3, -0.25) is 0 Å². The van der Waals surface area contributed by atoms with Crippen molar-refractivity contribution in [2.24, 2.45) is 5.73 Å². The predicted molar refractivity (Wildman–Crippen MR) is 192 cm³/mol. The Morgan fingerprint density at radius 1 is 0.638 bits per heavy atom. The quantitative estimate of drug-likeness (QED) is 0.183. The van der Waals surface area contributed by atoms with Crippen molar-refractivity contribution in [2.45, 2.75) is 47.2 Å². The summed E-state index contributed by atoms with van der Waals surface area (Å²) in [5.74, 6) is 1.21. The van der Waals surface area contributed by atoms with Gasteiger partial charge in [-0.25, -0.2) is 0 Å². The number of fused-ring (bicyclic) bond motifs is 2. The third-order valence-electron chi connectivity index (χ3n) is 5.49. The van der Waals surface area contributed by atoms with Crippen molar-refractivity contribution >= 4 is 98.6 Å². The summed E-state index contributed by atoms with van der Waals surface area (Å²) >= 11 is 42.9. The molecular formula is C29H29Cl8N10-. The van der Waals surface area contributed by atoms with Gasteiger partial charge in [-0.2, -0.15) is 29.0 Å². The van der Waals surface area contributed by atoms with E-state index >= 15 is 0 Å². The molecule has 0 unspecified atom stereocenters. The normalized spacial score (nSPS) is 10.6. The van der Waals surface area contributed by atoms with Gasteiger partial charge in [0, 0.05) is 27.2 Å². The van der Waals surface area contributed by atoms with Gasteiger partial charge in [0.15, 0.2) is 0 Å². The molecule has 0 bridgehead atoms. The minimum absolute atomic E-state index is 0. The number of nitrogens with one attached hydrogen (secondary N) is 1. The molecule has 0 aliphatic carbocycles. The van der Waals surface area contributed by atoms with E-state index in [4.69, 9.17) is 86.9 Å². The molecule has 18 heteroatoms. The van der Waals surface area contributed by atoms with Crippen molar-refractivity contribution in [1.82, 2.24) is 39.2 Å². The molecule has 0 spiro atoms. The predicted octanol–water partition coefficient (Wildman–Crippen LogP) is 6.97. The second kappa shape index (κ2) is 17.9. The van der Waals surface area contributed by atoms with Crippen molar-refractivity contribution in [3.8, 4) is 22.3 Å². The Morgan fingerprint density at radius 3 is 1.51 bits per heavy atom.